The van der Waals surface area contributed by atoms with Gasteiger partial charge in [0.15, 0.2) is 0 Å². The molecule has 13 nitrogen and oxygen atoms in total. The van der Waals surface area contributed by atoms with Crippen LogP contribution in [0.3, 0.4) is 0 Å². The maximum atomic E-state index is 12.3. The van der Waals surface area contributed by atoms with Crippen LogP contribution in [-0.4, -0.2) is 113 Å². The smallest absolute Gasteiger partial charge is 0.325 e. The van der Waals surface area contributed by atoms with Crippen LogP contribution in [0.25, 0.3) is 0 Å². The zero-order valence-electron chi connectivity index (χ0n) is 18.2. The SMILES string of the molecule is CCN1CCN(C(=O)NCCCC(C=O)NC(=O)N2CCN(CC)C(=O)C2=O)C(=O)C1=O. The van der Waals surface area contributed by atoms with Gasteiger partial charge in [-0.25, -0.2) is 9.59 Å². The van der Waals surface area contributed by atoms with Crippen molar-refractivity contribution in [2.75, 3.05) is 45.8 Å². The van der Waals surface area contributed by atoms with Crippen molar-refractivity contribution < 1.29 is 33.6 Å². The van der Waals surface area contributed by atoms with Gasteiger partial charge in [0.05, 0.1) is 6.04 Å². The number of imide groups is 2. The van der Waals surface area contributed by atoms with Crippen molar-refractivity contribution in [1.29, 1.82) is 0 Å². The number of amides is 8. The van der Waals surface area contributed by atoms with Crippen LogP contribution in [0.15, 0.2) is 0 Å². The van der Waals surface area contributed by atoms with Crippen molar-refractivity contribution in [3.63, 3.8) is 0 Å². The number of aldehydes is 1. The van der Waals surface area contributed by atoms with E-state index in [-0.39, 0.29) is 45.6 Å². The van der Waals surface area contributed by atoms with E-state index in [9.17, 15) is 33.6 Å². The van der Waals surface area contributed by atoms with Crippen molar-refractivity contribution in [3.8, 4) is 0 Å². The molecule has 2 saturated heterocycles. The number of carbonyl (C=O) groups excluding carboxylic acids is 7. The zero-order chi connectivity index (χ0) is 23.8. The fourth-order valence-electron chi connectivity index (χ4n) is 3.36. The lowest BCUT2D eigenvalue weighted by Crippen LogP contribution is -2.59. The molecule has 1 unspecified atom stereocenters. The maximum Gasteiger partial charge on any atom is 0.325 e. The molecule has 0 aromatic heterocycles. The first kappa shape index (κ1) is 24.8. The van der Waals surface area contributed by atoms with Gasteiger partial charge in [-0.3, -0.25) is 29.0 Å². The molecule has 2 rings (SSSR count). The molecule has 2 aliphatic heterocycles. The molecule has 0 aromatic rings. The molecule has 8 amide bonds. The Kier molecular flexibility index (Phi) is 8.67. The third kappa shape index (κ3) is 5.59. The van der Waals surface area contributed by atoms with E-state index < -0.39 is 41.7 Å². The lowest BCUT2D eigenvalue weighted by Gasteiger charge is -2.32. The maximum absolute atomic E-state index is 12.3. The van der Waals surface area contributed by atoms with Gasteiger partial charge in [0.25, 0.3) is 0 Å². The van der Waals surface area contributed by atoms with Crippen molar-refractivity contribution in [1.82, 2.24) is 30.2 Å². The molecule has 2 N–H and O–H groups in total. The average molecular weight is 452 g/mol. The number of hydrogen-bond acceptors (Lipinski definition) is 7. The Balaban J connectivity index is 1.76. The highest BCUT2D eigenvalue weighted by Crippen LogP contribution is 2.07. The van der Waals surface area contributed by atoms with E-state index >= 15 is 0 Å². The zero-order valence-corrected chi connectivity index (χ0v) is 18.2. The summed E-state index contributed by atoms with van der Waals surface area (Å²) >= 11 is 0. The quantitative estimate of drug-likeness (QED) is 0.248. The highest BCUT2D eigenvalue weighted by atomic mass is 16.2. The normalized spacial score (nSPS) is 18.1. The number of rotatable bonds is 8. The van der Waals surface area contributed by atoms with Gasteiger partial charge in [0.2, 0.25) is 0 Å². The number of carbonyl (C=O) groups is 7. The summed E-state index contributed by atoms with van der Waals surface area (Å²) in [5.41, 5.74) is 0. The lowest BCUT2D eigenvalue weighted by molar-refractivity contribution is -0.153. The Morgan fingerprint density at radius 2 is 1.34 bits per heavy atom. The van der Waals surface area contributed by atoms with Crippen molar-refractivity contribution >= 4 is 42.0 Å². The minimum atomic E-state index is -0.949. The Labute approximate surface area is 185 Å². The van der Waals surface area contributed by atoms with Gasteiger partial charge in [0, 0.05) is 45.8 Å². The third-order valence-corrected chi connectivity index (χ3v) is 5.31. The van der Waals surface area contributed by atoms with Gasteiger partial charge in [-0.1, -0.05) is 0 Å². The van der Waals surface area contributed by atoms with Crippen LogP contribution in [0.5, 0.6) is 0 Å². The molecule has 2 fully saturated rings. The summed E-state index contributed by atoms with van der Waals surface area (Å²) < 4.78 is 0. The molecule has 0 saturated carbocycles. The predicted octanol–water partition coefficient (Wildman–Crippen LogP) is -1.87. The van der Waals surface area contributed by atoms with E-state index in [1.165, 1.54) is 9.80 Å². The predicted molar refractivity (Wildman–Crippen MR) is 109 cm³/mol. The van der Waals surface area contributed by atoms with Gasteiger partial charge >= 0.3 is 35.7 Å². The molecule has 2 aliphatic rings. The van der Waals surface area contributed by atoms with E-state index in [0.29, 0.717) is 19.4 Å². The fraction of sp³-hybridized carbons (Fsp3) is 0.632. The van der Waals surface area contributed by atoms with E-state index in [4.69, 9.17) is 0 Å². The molecule has 2 heterocycles. The number of hydrogen-bond donors (Lipinski definition) is 2. The van der Waals surface area contributed by atoms with Crippen LogP contribution < -0.4 is 10.6 Å². The number of nitrogens with one attached hydrogen (secondary N) is 2. The van der Waals surface area contributed by atoms with Crippen molar-refractivity contribution in [2.24, 2.45) is 0 Å². The summed E-state index contributed by atoms with van der Waals surface area (Å²) in [6.45, 7) is 4.91. The molecular weight excluding hydrogens is 424 g/mol. The Morgan fingerprint density at radius 3 is 1.81 bits per heavy atom. The van der Waals surface area contributed by atoms with Crippen molar-refractivity contribution in [2.45, 2.75) is 32.7 Å². The second-order valence-corrected chi connectivity index (χ2v) is 7.25. The highest BCUT2D eigenvalue weighted by Gasteiger charge is 2.36. The molecule has 0 aliphatic carbocycles. The number of urea groups is 2. The second-order valence-electron chi connectivity index (χ2n) is 7.25. The van der Waals surface area contributed by atoms with Gasteiger partial charge < -0.3 is 25.2 Å². The Bertz CT molecular complexity index is 801. The summed E-state index contributed by atoms with van der Waals surface area (Å²) in [7, 11) is 0. The molecule has 0 bridgehead atoms. The molecule has 176 valence electrons. The largest absolute Gasteiger partial charge is 0.338 e. The molecular formula is C19H28N6O7. The minimum Gasteiger partial charge on any atom is -0.338 e. The Morgan fingerprint density at radius 1 is 0.844 bits per heavy atom. The third-order valence-electron chi connectivity index (χ3n) is 5.31. The van der Waals surface area contributed by atoms with Crippen LogP contribution in [0.1, 0.15) is 26.7 Å². The topological polar surface area (TPSA) is 157 Å². The second kappa shape index (κ2) is 11.2. The summed E-state index contributed by atoms with van der Waals surface area (Å²) in [6, 6.07) is -2.47. The highest BCUT2D eigenvalue weighted by molar-refractivity contribution is 6.38. The molecule has 0 spiro atoms. The van der Waals surface area contributed by atoms with E-state index in [2.05, 4.69) is 10.6 Å². The summed E-state index contributed by atoms with van der Waals surface area (Å²) in [5, 5.41) is 4.90. The number of likely N-dealkylation sites (N-methyl/N-ethyl adjacent to an activating group) is 2. The average Bonchev–Trinajstić information content (AvgIpc) is 2.79. The van der Waals surface area contributed by atoms with Crippen LogP contribution >= 0.6 is 0 Å². The van der Waals surface area contributed by atoms with Gasteiger partial charge in [-0.05, 0) is 26.7 Å². The standard InChI is InChI=1S/C19H28N6O7/c1-3-22-8-10-24(16(29)14(22)27)18(31)20-7-5-6-13(12-26)21-19(32)25-11-9-23(4-2)15(28)17(25)30/h12-13H,3-11H2,1-2H3,(H,20,31)(H,21,32). The first-order valence-corrected chi connectivity index (χ1v) is 10.5. The number of piperazine rings is 2. The fourth-order valence-corrected chi connectivity index (χ4v) is 3.36. The van der Waals surface area contributed by atoms with E-state index in [1.54, 1.807) is 13.8 Å². The first-order chi connectivity index (χ1) is 15.2. The van der Waals surface area contributed by atoms with Crippen LogP contribution in [0, 0.1) is 0 Å². The molecule has 0 aromatic carbocycles. The van der Waals surface area contributed by atoms with E-state index in [0.717, 1.165) is 9.80 Å². The monoisotopic (exact) mass is 452 g/mol. The minimum absolute atomic E-state index is 0.0317. The Hall–Kier alpha value is -3.51. The van der Waals surface area contributed by atoms with E-state index in [1.807, 2.05) is 0 Å². The molecule has 13 heteroatoms. The summed E-state index contributed by atoms with van der Waals surface area (Å²) in [5.74, 6) is -3.34. The molecule has 0 radical (unpaired) electrons. The lowest BCUT2D eigenvalue weighted by atomic mass is 10.2. The molecule has 1 atom stereocenters. The summed E-state index contributed by atoms with van der Waals surface area (Å²) in [6.07, 6.45) is 0.937. The van der Waals surface area contributed by atoms with Gasteiger partial charge in [0.1, 0.15) is 6.29 Å². The van der Waals surface area contributed by atoms with Gasteiger partial charge in [-0.2, -0.15) is 0 Å². The number of nitrogens with zero attached hydrogens (tertiary/aromatic N) is 4. The molecule has 32 heavy (non-hydrogen) atoms. The first-order valence-electron chi connectivity index (χ1n) is 10.5. The van der Waals surface area contributed by atoms with Gasteiger partial charge in [-0.15, -0.1) is 0 Å². The van der Waals surface area contributed by atoms with Crippen LogP contribution in [0.2, 0.25) is 0 Å². The van der Waals surface area contributed by atoms with Crippen molar-refractivity contribution in [3.05, 3.63) is 0 Å². The van der Waals surface area contributed by atoms with Crippen LogP contribution in [-0.2, 0) is 24.0 Å². The summed E-state index contributed by atoms with van der Waals surface area (Å²) in [4.78, 5) is 87.9. The van der Waals surface area contributed by atoms with Crippen LogP contribution in [0.4, 0.5) is 9.59 Å².